The van der Waals surface area contributed by atoms with Crippen LogP contribution < -0.4 is 0 Å². The molecule has 0 aromatic carbocycles. The molecule has 0 aromatic rings. The first-order valence-electron chi connectivity index (χ1n) is 2.43. The van der Waals surface area contributed by atoms with Crippen LogP contribution in [0.4, 0.5) is 0 Å². The van der Waals surface area contributed by atoms with E-state index >= 15 is 0 Å². The van der Waals surface area contributed by atoms with E-state index in [4.69, 9.17) is 4.89 Å². The van der Waals surface area contributed by atoms with Crippen molar-refractivity contribution in [1.29, 1.82) is 0 Å². The SMILES string of the molecule is CCP(=O)(O)CC.O.[Ti]. The molecular weight excluding hydrogens is 175 g/mol. The van der Waals surface area contributed by atoms with Crippen LogP contribution >= 0.6 is 7.37 Å². The molecular formula is C4H13O3PTi. The Kier molecular flexibility index (Phi) is 12.8. The van der Waals surface area contributed by atoms with E-state index < -0.39 is 7.37 Å². The smallest absolute Gasteiger partial charge is 0.200 e. The third kappa shape index (κ3) is 8.86. The Morgan fingerprint density at radius 3 is 1.56 bits per heavy atom. The molecule has 0 aliphatic rings. The Hall–Kier alpha value is 0.864. The zero-order valence-electron chi connectivity index (χ0n) is 5.72. The van der Waals surface area contributed by atoms with Gasteiger partial charge in [0.15, 0.2) is 7.37 Å². The molecule has 9 heavy (non-hydrogen) atoms. The summed E-state index contributed by atoms with van der Waals surface area (Å²) < 4.78 is 10.5. The maximum Gasteiger partial charge on any atom is 0.200 e. The number of rotatable bonds is 2. The molecule has 0 rings (SSSR count). The van der Waals surface area contributed by atoms with E-state index in [9.17, 15) is 4.57 Å². The van der Waals surface area contributed by atoms with E-state index in [0.29, 0.717) is 12.3 Å². The van der Waals surface area contributed by atoms with Crippen LogP contribution in [0, 0.1) is 0 Å². The van der Waals surface area contributed by atoms with Crippen molar-refractivity contribution in [2.24, 2.45) is 0 Å². The van der Waals surface area contributed by atoms with Crippen molar-refractivity contribution in [2.45, 2.75) is 13.8 Å². The molecule has 3 nitrogen and oxygen atoms in total. The van der Waals surface area contributed by atoms with Crippen molar-refractivity contribution in [3.05, 3.63) is 0 Å². The van der Waals surface area contributed by atoms with Gasteiger partial charge in [0, 0.05) is 34.0 Å². The summed E-state index contributed by atoms with van der Waals surface area (Å²) in [7, 11) is -2.65. The monoisotopic (exact) mass is 188 g/mol. The van der Waals surface area contributed by atoms with Crippen LogP contribution in [0.25, 0.3) is 0 Å². The van der Waals surface area contributed by atoms with Crippen LogP contribution in [0.1, 0.15) is 13.8 Å². The van der Waals surface area contributed by atoms with Gasteiger partial charge in [-0.05, 0) is 0 Å². The minimum atomic E-state index is -2.65. The first-order valence-corrected chi connectivity index (χ1v) is 4.46. The van der Waals surface area contributed by atoms with Gasteiger partial charge in [-0.2, -0.15) is 0 Å². The van der Waals surface area contributed by atoms with Crippen molar-refractivity contribution in [2.75, 3.05) is 12.3 Å². The fourth-order valence-corrected chi connectivity index (χ4v) is 0.671. The molecule has 56 valence electrons. The minimum Gasteiger partial charge on any atom is -0.412 e. The van der Waals surface area contributed by atoms with Gasteiger partial charge < -0.3 is 10.4 Å². The quantitative estimate of drug-likeness (QED) is 0.505. The van der Waals surface area contributed by atoms with E-state index in [-0.39, 0.29) is 27.2 Å². The molecule has 0 bridgehead atoms. The number of hydrogen-bond donors (Lipinski definition) is 1. The normalized spacial score (nSPS) is 9.22. The molecule has 3 N–H and O–H groups in total. The van der Waals surface area contributed by atoms with Gasteiger partial charge >= 0.3 is 0 Å². The molecule has 0 heterocycles. The topological polar surface area (TPSA) is 68.8 Å². The van der Waals surface area contributed by atoms with Crippen molar-refractivity contribution in [3.63, 3.8) is 0 Å². The molecule has 0 aromatic heterocycles. The van der Waals surface area contributed by atoms with E-state index in [2.05, 4.69) is 0 Å². The minimum absolute atomic E-state index is 0. The van der Waals surface area contributed by atoms with Gasteiger partial charge in [0.05, 0.1) is 0 Å². The largest absolute Gasteiger partial charge is 0.412 e. The van der Waals surface area contributed by atoms with Crippen LogP contribution in [0.15, 0.2) is 0 Å². The van der Waals surface area contributed by atoms with Gasteiger partial charge in [-0.3, -0.25) is 4.57 Å². The summed E-state index contributed by atoms with van der Waals surface area (Å²) in [6.07, 6.45) is 0.812. The van der Waals surface area contributed by atoms with Crippen LogP contribution in [0.3, 0.4) is 0 Å². The van der Waals surface area contributed by atoms with Crippen LogP contribution in [0.2, 0.25) is 0 Å². The molecule has 0 fully saturated rings. The zero-order chi connectivity index (χ0) is 5.91. The predicted molar refractivity (Wildman–Crippen MR) is 34.5 cm³/mol. The summed E-state index contributed by atoms with van der Waals surface area (Å²) in [4.78, 5) is 8.69. The van der Waals surface area contributed by atoms with Gasteiger partial charge in [-0.25, -0.2) is 0 Å². The molecule has 0 atom stereocenters. The molecule has 0 amide bonds. The second kappa shape index (κ2) is 6.98. The predicted octanol–water partition coefficient (Wildman–Crippen LogP) is 0.469. The summed E-state index contributed by atoms with van der Waals surface area (Å²) in [5.41, 5.74) is 0. The molecule has 0 aliphatic heterocycles. The fraction of sp³-hybridized carbons (Fsp3) is 1.00. The second-order valence-electron chi connectivity index (χ2n) is 1.48. The van der Waals surface area contributed by atoms with E-state index in [0.717, 1.165) is 0 Å². The summed E-state index contributed by atoms with van der Waals surface area (Å²) >= 11 is 0. The summed E-state index contributed by atoms with van der Waals surface area (Å²) in [6.45, 7) is 3.45. The maximum absolute atomic E-state index is 10.5. The van der Waals surface area contributed by atoms with Gasteiger partial charge in [0.25, 0.3) is 0 Å². The zero-order valence-corrected chi connectivity index (χ0v) is 8.17. The third-order valence-corrected chi connectivity index (χ3v) is 2.96. The molecule has 0 unspecified atom stereocenters. The van der Waals surface area contributed by atoms with Crippen molar-refractivity contribution in [3.8, 4) is 0 Å². The van der Waals surface area contributed by atoms with E-state index in [1.807, 2.05) is 0 Å². The van der Waals surface area contributed by atoms with Crippen molar-refractivity contribution >= 4 is 7.37 Å². The molecule has 0 saturated carbocycles. The van der Waals surface area contributed by atoms with Gasteiger partial charge in [-0.1, -0.05) is 13.8 Å². The Morgan fingerprint density at radius 1 is 1.33 bits per heavy atom. The Labute approximate surface area is 70.5 Å². The fourth-order valence-electron chi connectivity index (χ4n) is 0.224. The van der Waals surface area contributed by atoms with Crippen molar-refractivity contribution in [1.82, 2.24) is 0 Å². The van der Waals surface area contributed by atoms with Crippen LogP contribution in [-0.4, -0.2) is 22.7 Å². The Morgan fingerprint density at radius 2 is 1.56 bits per heavy atom. The van der Waals surface area contributed by atoms with Gasteiger partial charge in [-0.15, -0.1) is 0 Å². The maximum atomic E-state index is 10.5. The van der Waals surface area contributed by atoms with E-state index in [1.165, 1.54) is 0 Å². The van der Waals surface area contributed by atoms with Gasteiger partial charge in [0.2, 0.25) is 0 Å². The molecule has 5 heteroatoms. The van der Waals surface area contributed by atoms with E-state index in [1.54, 1.807) is 13.8 Å². The summed E-state index contributed by atoms with van der Waals surface area (Å²) in [6, 6.07) is 0. The molecule has 0 aliphatic carbocycles. The van der Waals surface area contributed by atoms with Gasteiger partial charge in [0.1, 0.15) is 0 Å². The molecule has 0 spiro atoms. The second-order valence-corrected chi connectivity index (χ2v) is 4.44. The average Bonchev–Trinajstić information content (AvgIpc) is 1.68. The first-order chi connectivity index (χ1) is 3.12. The third-order valence-electron chi connectivity index (χ3n) is 0.988. The average molecular weight is 188 g/mol. The summed E-state index contributed by atoms with van der Waals surface area (Å²) in [5.74, 6) is 0. The Balaban J connectivity index is -0.000000180. The van der Waals surface area contributed by atoms with Crippen LogP contribution in [0.5, 0.6) is 0 Å². The molecule has 0 saturated heterocycles. The summed E-state index contributed by atoms with van der Waals surface area (Å²) in [5, 5.41) is 0. The Bertz CT molecular complexity index is 87.8. The van der Waals surface area contributed by atoms with Crippen molar-refractivity contribution < 1.29 is 36.7 Å². The first kappa shape index (κ1) is 16.4. The number of hydrogen-bond acceptors (Lipinski definition) is 1. The standard InChI is InChI=1S/C4H11O2P.H2O.Ti/c1-3-7(5,6)4-2;;/h3-4H2,1-2H3,(H,5,6);1H2;. The van der Waals surface area contributed by atoms with Crippen LogP contribution in [-0.2, 0) is 26.3 Å². The molecule has 0 radical (unpaired) electrons.